The average Bonchev–Trinajstić information content (AvgIpc) is 2.87. The minimum Gasteiger partial charge on any atom is -0.389 e. The molecule has 0 heterocycles. The lowest BCUT2D eigenvalue weighted by atomic mass is 9.98. The predicted molar refractivity (Wildman–Crippen MR) is 86.5 cm³/mol. The van der Waals surface area contributed by atoms with Crippen LogP contribution in [0.15, 0.2) is 24.3 Å². The molecular weight excluding hydrogens is 286 g/mol. The standard InChI is InChI=1S/C17H26ClNO2/c1-13-5-4-7-14(13)9-19-10-16(20)12-21-11-15-6-2-3-8-17(15)18/h2-3,6,8,13-14,16,19-20H,4-5,7,9-12H2,1H3. The molecule has 0 radical (unpaired) electrons. The molecule has 1 aliphatic rings. The number of ether oxygens (including phenoxy) is 1. The second-order valence-electron chi connectivity index (χ2n) is 6.09. The molecule has 3 nitrogen and oxygen atoms in total. The summed E-state index contributed by atoms with van der Waals surface area (Å²) in [4.78, 5) is 0. The highest BCUT2D eigenvalue weighted by Crippen LogP contribution is 2.30. The fourth-order valence-electron chi connectivity index (χ4n) is 2.94. The molecule has 1 saturated carbocycles. The van der Waals surface area contributed by atoms with Gasteiger partial charge < -0.3 is 15.2 Å². The van der Waals surface area contributed by atoms with Crippen LogP contribution in [0, 0.1) is 11.8 Å². The minimum absolute atomic E-state index is 0.332. The molecule has 0 aliphatic heterocycles. The molecule has 1 aliphatic carbocycles. The van der Waals surface area contributed by atoms with Gasteiger partial charge in [0.1, 0.15) is 0 Å². The van der Waals surface area contributed by atoms with Crippen LogP contribution in [-0.4, -0.2) is 30.9 Å². The van der Waals surface area contributed by atoms with Crippen molar-refractivity contribution in [1.82, 2.24) is 5.32 Å². The first-order chi connectivity index (χ1) is 10.2. The van der Waals surface area contributed by atoms with Gasteiger partial charge in [0.2, 0.25) is 0 Å². The van der Waals surface area contributed by atoms with Gasteiger partial charge in [0, 0.05) is 11.6 Å². The van der Waals surface area contributed by atoms with Crippen LogP contribution < -0.4 is 5.32 Å². The Morgan fingerprint density at radius 3 is 2.90 bits per heavy atom. The third-order valence-corrected chi connectivity index (χ3v) is 4.72. The number of benzene rings is 1. The lowest BCUT2D eigenvalue weighted by molar-refractivity contribution is 0.0284. The first kappa shape index (κ1) is 16.8. The maximum atomic E-state index is 9.92. The van der Waals surface area contributed by atoms with Crippen molar-refractivity contribution in [2.45, 2.75) is 38.9 Å². The van der Waals surface area contributed by atoms with E-state index in [1.165, 1.54) is 19.3 Å². The van der Waals surface area contributed by atoms with Crippen molar-refractivity contribution in [3.05, 3.63) is 34.9 Å². The third-order valence-electron chi connectivity index (χ3n) is 4.35. The van der Waals surface area contributed by atoms with E-state index in [2.05, 4.69) is 12.2 Å². The van der Waals surface area contributed by atoms with Gasteiger partial charge in [-0.25, -0.2) is 0 Å². The summed E-state index contributed by atoms with van der Waals surface area (Å²) in [6, 6.07) is 7.62. The smallest absolute Gasteiger partial charge is 0.0897 e. The van der Waals surface area contributed by atoms with Gasteiger partial charge >= 0.3 is 0 Å². The van der Waals surface area contributed by atoms with Gasteiger partial charge in [0.05, 0.1) is 19.3 Å². The monoisotopic (exact) mass is 311 g/mol. The summed E-state index contributed by atoms with van der Waals surface area (Å²) >= 11 is 6.05. The van der Waals surface area contributed by atoms with E-state index in [9.17, 15) is 5.11 Å². The second-order valence-corrected chi connectivity index (χ2v) is 6.49. The molecule has 0 amide bonds. The maximum Gasteiger partial charge on any atom is 0.0897 e. The number of nitrogens with one attached hydrogen (secondary N) is 1. The topological polar surface area (TPSA) is 41.5 Å². The third kappa shape index (κ3) is 5.59. The molecule has 0 spiro atoms. The normalized spacial score (nSPS) is 23.4. The molecule has 2 rings (SSSR count). The molecule has 21 heavy (non-hydrogen) atoms. The van der Waals surface area contributed by atoms with E-state index < -0.39 is 6.10 Å². The number of hydrogen-bond acceptors (Lipinski definition) is 3. The zero-order valence-electron chi connectivity index (χ0n) is 12.7. The van der Waals surface area contributed by atoms with Crippen LogP contribution >= 0.6 is 11.6 Å². The van der Waals surface area contributed by atoms with Gasteiger partial charge in [0.25, 0.3) is 0 Å². The highest BCUT2D eigenvalue weighted by atomic mass is 35.5. The van der Waals surface area contributed by atoms with Crippen LogP contribution in [0.2, 0.25) is 5.02 Å². The summed E-state index contributed by atoms with van der Waals surface area (Å²) in [5.74, 6) is 1.58. The summed E-state index contributed by atoms with van der Waals surface area (Å²) in [6.45, 7) is 4.69. The Morgan fingerprint density at radius 2 is 2.19 bits per heavy atom. The van der Waals surface area contributed by atoms with Crippen LogP contribution in [-0.2, 0) is 11.3 Å². The zero-order valence-corrected chi connectivity index (χ0v) is 13.5. The molecule has 0 aromatic heterocycles. The van der Waals surface area contributed by atoms with E-state index in [-0.39, 0.29) is 0 Å². The number of rotatable bonds is 8. The highest BCUT2D eigenvalue weighted by molar-refractivity contribution is 6.31. The Hall–Kier alpha value is -0.610. The van der Waals surface area contributed by atoms with Crippen LogP contribution in [0.1, 0.15) is 31.7 Å². The number of halogens is 1. The summed E-state index contributed by atoms with van der Waals surface area (Å²) in [6.07, 6.45) is 3.53. The van der Waals surface area contributed by atoms with Gasteiger partial charge in [-0.1, -0.05) is 49.6 Å². The lowest BCUT2D eigenvalue weighted by Gasteiger charge is -2.18. The molecule has 1 fully saturated rings. The van der Waals surface area contributed by atoms with Crippen molar-refractivity contribution in [2.24, 2.45) is 11.8 Å². The molecule has 3 atom stereocenters. The van der Waals surface area contributed by atoms with Crippen molar-refractivity contribution >= 4 is 11.6 Å². The van der Waals surface area contributed by atoms with Gasteiger partial charge in [-0.15, -0.1) is 0 Å². The zero-order chi connectivity index (χ0) is 15.1. The molecular formula is C17H26ClNO2. The Balaban J connectivity index is 1.57. The molecule has 1 aromatic rings. The Labute approximate surface area is 132 Å². The minimum atomic E-state index is -0.468. The van der Waals surface area contributed by atoms with E-state index in [4.69, 9.17) is 16.3 Å². The Kier molecular flexibility index (Phi) is 6.97. The van der Waals surface area contributed by atoms with Crippen LogP contribution in [0.5, 0.6) is 0 Å². The van der Waals surface area contributed by atoms with Crippen LogP contribution in [0.3, 0.4) is 0 Å². The van der Waals surface area contributed by atoms with Gasteiger partial charge in [-0.2, -0.15) is 0 Å². The number of hydrogen-bond donors (Lipinski definition) is 2. The van der Waals surface area contributed by atoms with Gasteiger partial charge in [-0.3, -0.25) is 0 Å². The predicted octanol–water partition coefficient (Wildman–Crippen LogP) is 3.24. The molecule has 1 aromatic carbocycles. The van der Waals surface area contributed by atoms with Crippen molar-refractivity contribution in [2.75, 3.05) is 19.7 Å². The number of aliphatic hydroxyl groups is 1. The van der Waals surface area contributed by atoms with E-state index in [0.717, 1.165) is 23.9 Å². The van der Waals surface area contributed by atoms with E-state index >= 15 is 0 Å². The van der Waals surface area contributed by atoms with Crippen molar-refractivity contribution in [1.29, 1.82) is 0 Å². The molecule has 2 N–H and O–H groups in total. The average molecular weight is 312 g/mol. The Bertz CT molecular complexity index is 427. The first-order valence-electron chi connectivity index (χ1n) is 7.86. The highest BCUT2D eigenvalue weighted by Gasteiger charge is 2.22. The van der Waals surface area contributed by atoms with Crippen molar-refractivity contribution < 1.29 is 9.84 Å². The van der Waals surface area contributed by atoms with Gasteiger partial charge in [-0.05, 0) is 36.4 Å². The molecule has 118 valence electrons. The second kappa shape index (κ2) is 8.74. The van der Waals surface area contributed by atoms with E-state index in [0.29, 0.717) is 24.8 Å². The molecule has 0 bridgehead atoms. The first-order valence-corrected chi connectivity index (χ1v) is 8.24. The van der Waals surface area contributed by atoms with Crippen LogP contribution in [0.25, 0.3) is 0 Å². The number of aliphatic hydroxyl groups excluding tert-OH is 1. The fraction of sp³-hybridized carbons (Fsp3) is 0.647. The largest absolute Gasteiger partial charge is 0.389 e. The SMILES string of the molecule is CC1CCCC1CNCC(O)COCc1ccccc1Cl. The van der Waals surface area contributed by atoms with E-state index in [1.54, 1.807) is 0 Å². The van der Waals surface area contributed by atoms with E-state index in [1.807, 2.05) is 24.3 Å². The Morgan fingerprint density at radius 1 is 1.38 bits per heavy atom. The summed E-state index contributed by atoms with van der Waals surface area (Å²) in [5, 5.41) is 14.0. The summed E-state index contributed by atoms with van der Waals surface area (Å²) < 4.78 is 5.53. The fourth-order valence-corrected chi connectivity index (χ4v) is 3.13. The molecule has 4 heteroatoms. The maximum absolute atomic E-state index is 9.92. The van der Waals surface area contributed by atoms with Crippen molar-refractivity contribution in [3.63, 3.8) is 0 Å². The molecule has 0 saturated heterocycles. The lowest BCUT2D eigenvalue weighted by Crippen LogP contribution is -2.34. The quantitative estimate of drug-likeness (QED) is 0.774. The van der Waals surface area contributed by atoms with Crippen LogP contribution in [0.4, 0.5) is 0 Å². The van der Waals surface area contributed by atoms with Crippen molar-refractivity contribution in [3.8, 4) is 0 Å². The van der Waals surface area contributed by atoms with Gasteiger partial charge in [0.15, 0.2) is 0 Å². The summed E-state index contributed by atoms with van der Waals surface area (Å²) in [7, 11) is 0. The summed E-state index contributed by atoms with van der Waals surface area (Å²) in [5.41, 5.74) is 0.958. The molecule has 3 unspecified atom stereocenters.